The van der Waals surface area contributed by atoms with Gasteiger partial charge in [0.15, 0.2) is 5.69 Å². The predicted molar refractivity (Wildman–Crippen MR) is 92.7 cm³/mol. The van der Waals surface area contributed by atoms with E-state index in [4.69, 9.17) is 0 Å². The third-order valence-electron chi connectivity index (χ3n) is 3.81. The van der Waals surface area contributed by atoms with Crippen LogP contribution in [-0.2, 0) is 4.79 Å². The summed E-state index contributed by atoms with van der Waals surface area (Å²) >= 11 is 0. The van der Waals surface area contributed by atoms with Gasteiger partial charge in [-0.1, -0.05) is 48.5 Å². The van der Waals surface area contributed by atoms with Gasteiger partial charge in [0.2, 0.25) is 0 Å². The van der Waals surface area contributed by atoms with Crippen LogP contribution in [0.25, 0.3) is 5.69 Å². The van der Waals surface area contributed by atoms with Crippen LogP contribution in [0.5, 0.6) is 0 Å². The van der Waals surface area contributed by atoms with Gasteiger partial charge in [0.25, 0.3) is 5.91 Å². The SMILES string of the molecule is O=C(NCC(C(=O)O)c1ccccc1)c1ccn(-c2ccccc2)n1. The Hall–Kier alpha value is -3.41. The van der Waals surface area contributed by atoms with E-state index in [1.54, 1.807) is 41.2 Å². The molecule has 3 rings (SSSR count). The number of aliphatic carboxylic acids is 1. The summed E-state index contributed by atoms with van der Waals surface area (Å²) in [5, 5.41) is 16.3. The van der Waals surface area contributed by atoms with Crippen LogP contribution in [0.2, 0.25) is 0 Å². The number of carbonyl (C=O) groups excluding carboxylic acids is 1. The van der Waals surface area contributed by atoms with Crippen molar-refractivity contribution < 1.29 is 14.7 Å². The lowest BCUT2D eigenvalue weighted by Gasteiger charge is -2.13. The number of nitrogens with zero attached hydrogens (tertiary/aromatic N) is 2. The highest BCUT2D eigenvalue weighted by atomic mass is 16.4. The third kappa shape index (κ3) is 3.92. The molecule has 0 fully saturated rings. The second-order valence-electron chi connectivity index (χ2n) is 5.49. The van der Waals surface area contributed by atoms with Crippen molar-refractivity contribution in [1.29, 1.82) is 0 Å². The highest BCUT2D eigenvalue weighted by Gasteiger charge is 2.21. The van der Waals surface area contributed by atoms with Crippen LogP contribution in [0.3, 0.4) is 0 Å². The summed E-state index contributed by atoms with van der Waals surface area (Å²) < 4.78 is 1.60. The second kappa shape index (κ2) is 7.44. The average molecular weight is 335 g/mol. The van der Waals surface area contributed by atoms with Crippen molar-refractivity contribution in [2.24, 2.45) is 0 Å². The molecule has 0 aliphatic carbocycles. The highest BCUT2D eigenvalue weighted by Crippen LogP contribution is 2.15. The van der Waals surface area contributed by atoms with Crippen molar-refractivity contribution in [2.45, 2.75) is 5.92 Å². The normalized spacial score (nSPS) is 11.7. The van der Waals surface area contributed by atoms with E-state index in [2.05, 4.69) is 10.4 Å². The van der Waals surface area contributed by atoms with Crippen LogP contribution in [0.4, 0.5) is 0 Å². The number of benzene rings is 2. The Morgan fingerprint density at radius 2 is 1.64 bits per heavy atom. The standard InChI is InChI=1S/C19H17N3O3/c23-18(17-11-12-22(21-17)15-9-5-2-6-10-15)20-13-16(19(24)25)14-7-3-1-4-8-14/h1-12,16H,13H2,(H,20,23)(H,24,25). The molecular weight excluding hydrogens is 318 g/mol. The van der Waals surface area contributed by atoms with E-state index in [0.29, 0.717) is 5.56 Å². The molecule has 0 saturated heterocycles. The first-order valence-electron chi connectivity index (χ1n) is 7.82. The van der Waals surface area contributed by atoms with Crippen molar-refractivity contribution in [1.82, 2.24) is 15.1 Å². The molecule has 6 nitrogen and oxygen atoms in total. The molecule has 1 heterocycles. The van der Waals surface area contributed by atoms with Gasteiger partial charge in [-0.25, -0.2) is 4.68 Å². The first-order chi connectivity index (χ1) is 12.1. The van der Waals surface area contributed by atoms with E-state index in [9.17, 15) is 14.7 Å². The van der Waals surface area contributed by atoms with Crippen LogP contribution < -0.4 is 5.32 Å². The fourth-order valence-electron chi connectivity index (χ4n) is 2.49. The van der Waals surface area contributed by atoms with Crippen LogP contribution in [0, 0.1) is 0 Å². The molecule has 0 bridgehead atoms. The molecule has 0 saturated carbocycles. The van der Waals surface area contributed by atoms with E-state index in [0.717, 1.165) is 5.69 Å². The van der Waals surface area contributed by atoms with Crippen LogP contribution in [-0.4, -0.2) is 33.3 Å². The van der Waals surface area contributed by atoms with E-state index < -0.39 is 17.8 Å². The minimum absolute atomic E-state index is 0.00359. The number of carboxylic acid groups (broad SMARTS) is 1. The molecule has 1 amide bonds. The molecule has 126 valence electrons. The van der Waals surface area contributed by atoms with E-state index in [1.807, 2.05) is 36.4 Å². The highest BCUT2D eigenvalue weighted by molar-refractivity contribution is 5.92. The summed E-state index contributed by atoms with van der Waals surface area (Å²) in [6, 6.07) is 19.8. The zero-order valence-corrected chi connectivity index (χ0v) is 13.4. The summed E-state index contributed by atoms with van der Waals surface area (Å²) in [5.74, 6) is -2.19. The van der Waals surface area contributed by atoms with E-state index in [1.165, 1.54) is 0 Å². The van der Waals surface area contributed by atoms with E-state index in [-0.39, 0.29) is 12.2 Å². The molecule has 2 N–H and O–H groups in total. The molecule has 0 aliphatic heterocycles. The lowest BCUT2D eigenvalue weighted by atomic mass is 9.99. The van der Waals surface area contributed by atoms with Gasteiger partial charge in [-0.3, -0.25) is 9.59 Å². The van der Waals surface area contributed by atoms with Crippen molar-refractivity contribution in [3.63, 3.8) is 0 Å². The maximum atomic E-state index is 12.3. The maximum absolute atomic E-state index is 12.3. The quantitative estimate of drug-likeness (QED) is 0.725. The second-order valence-corrected chi connectivity index (χ2v) is 5.49. The Labute approximate surface area is 144 Å². The molecule has 0 spiro atoms. The van der Waals surface area contributed by atoms with Crippen molar-refractivity contribution in [3.8, 4) is 5.69 Å². The molecule has 1 aromatic heterocycles. The summed E-state index contributed by atoms with van der Waals surface area (Å²) in [4.78, 5) is 23.7. The summed E-state index contributed by atoms with van der Waals surface area (Å²) in [5.41, 5.74) is 1.72. The summed E-state index contributed by atoms with van der Waals surface area (Å²) in [7, 11) is 0. The minimum atomic E-state index is -0.985. The largest absolute Gasteiger partial charge is 0.481 e. The molecular formula is C19H17N3O3. The van der Waals surface area contributed by atoms with Gasteiger partial charge in [0, 0.05) is 12.7 Å². The lowest BCUT2D eigenvalue weighted by molar-refractivity contribution is -0.138. The monoisotopic (exact) mass is 335 g/mol. The number of para-hydroxylation sites is 1. The smallest absolute Gasteiger partial charge is 0.312 e. The Morgan fingerprint density at radius 3 is 2.28 bits per heavy atom. The fourth-order valence-corrected chi connectivity index (χ4v) is 2.49. The van der Waals surface area contributed by atoms with Gasteiger partial charge < -0.3 is 10.4 Å². The Morgan fingerprint density at radius 1 is 1.00 bits per heavy atom. The molecule has 25 heavy (non-hydrogen) atoms. The summed E-state index contributed by atoms with van der Waals surface area (Å²) in [6.07, 6.45) is 1.69. The number of aromatic nitrogens is 2. The first-order valence-corrected chi connectivity index (χ1v) is 7.82. The molecule has 0 aliphatic rings. The number of rotatable bonds is 6. The van der Waals surface area contributed by atoms with Crippen molar-refractivity contribution in [3.05, 3.63) is 84.2 Å². The van der Waals surface area contributed by atoms with Gasteiger partial charge in [-0.15, -0.1) is 0 Å². The van der Waals surface area contributed by atoms with Crippen LogP contribution >= 0.6 is 0 Å². The average Bonchev–Trinajstić information content (AvgIpc) is 3.13. The number of carbonyl (C=O) groups is 2. The molecule has 2 aromatic carbocycles. The predicted octanol–water partition coefficient (Wildman–Crippen LogP) is 2.47. The minimum Gasteiger partial charge on any atom is -0.481 e. The molecule has 0 radical (unpaired) electrons. The van der Waals surface area contributed by atoms with Crippen molar-refractivity contribution >= 4 is 11.9 Å². The van der Waals surface area contributed by atoms with Gasteiger partial charge in [0.1, 0.15) is 0 Å². The number of nitrogens with one attached hydrogen (secondary N) is 1. The van der Waals surface area contributed by atoms with Gasteiger partial charge in [0.05, 0.1) is 11.6 Å². The van der Waals surface area contributed by atoms with Gasteiger partial charge >= 0.3 is 5.97 Å². The Bertz CT molecular complexity index is 860. The molecule has 1 unspecified atom stereocenters. The first kappa shape index (κ1) is 16.4. The van der Waals surface area contributed by atoms with Crippen LogP contribution in [0.1, 0.15) is 22.0 Å². The zero-order chi connectivity index (χ0) is 17.6. The van der Waals surface area contributed by atoms with Crippen molar-refractivity contribution in [2.75, 3.05) is 6.54 Å². The summed E-state index contributed by atoms with van der Waals surface area (Å²) in [6.45, 7) is -0.00359. The third-order valence-corrected chi connectivity index (χ3v) is 3.81. The lowest BCUT2D eigenvalue weighted by Crippen LogP contribution is -2.32. The van der Waals surface area contributed by atoms with Crippen LogP contribution in [0.15, 0.2) is 72.9 Å². The fraction of sp³-hybridized carbons (Fsp3) is 0.105. The molecule has 6 heteroatoms. The van der Waals surface area contributed by atoms with Gasteiger partial charge in [-0.05, 0) is 23.8 Å². The number of amides is 1. The Kier molecular flexibility index (Phi) is 4.89. The topological polar surface area (TPSA) is 84.2 Å². The zero-order valence-electron chi connectivity index (χ0n) is 13.4. The molecule has 1 atom stereocenters. The number of hydrogen-bond acceptors (Lipinski definition) is 3. The maximum Gasteiger partial charge on any atom is 0.312 e. The Balaban J connectivity index is 1.68. The van der Waals surface area contributed by atoms with E-state index >= 15 is 0 Å². The number of carboxylic acids is 1. The molecule has 3 aromatic rings. The number of hydrogen-bond donors (Lipinski definition) is 2. The van der Waals surface area contributed by atoms with Gasteiger partial charge in [-0.2, -0.15) is 5.10 Å².